The Balaban J connectivity index is 1.59. The summed E-state index contributed by atoms with van der Waals surface area (Å²) in [5.74, 6) is 2.46. The first-order valence-electron chi connectivity index (χ1n) is 10.5. The Labute approximate surface area is 173 Å². The quantitative estimate of drug-likeness (QED) is 0.376. The molecule has 1 aliphatic rings. The second kappa shape index (κ2) is 11.6. The topological polar surface area (TPSA) is 59.2 Å². The van der Waals surface area contributed by atoms with Crippen LogP contribution in [-0.2, 0) is 15.9 Å². The van der Waals surface area contributed by atoms with E-state index in [4.69, 9.17) is 18.9 Å². The number of methoxy groups -OCH3 is 1. The molecule has 1 aromatic heterocycles. The van der Waals surface area contributed by atoms with E-state index in [1.54, 1.807) is 13.4 Å². The number of hydrogen-bond donors (Lipinski definition) is 1. The van der Waals surface area contributed by atoms with E-state index in [2.05, 4.69) is 41.4 Å². The summed E-state index contributed by atoms with van der Waals surface area (Å²) in [6, 6.07) is 14.6. The number of ether oxygens (including phenoxy) is 2. The molecule has 2 heterocycles. The van der Waals surface area contributed by atoms with Crippen LogP contribution in [0, 0.1) is 5.92 Å². The Bertz CT molecular complexity index is 718. The van der Waals surface area contributed by atoms with E-state index < -0.39 is 0 Å². The molecule has 1 aromatic carbocycles. The molecule has 1 aliphatic heterocycles. The largest absolute Gasteiger partial charge is 0.469 e. The van der Waals surface area contributed by atoms with Crippen LogP contribution >= 0.6 is 0 Å². The molecule has 3 rings (SSSR count). The zero-order valence-corrected chi connectivity index (χ0v) is 17.5. The van der Waals surface area contributed by atoms with Gasteiger partial charge in [-0.25, -0.2) is 0 Å². The lowest BCUT2D eigenvalue weighted by Gasteiger charge is -2.25. The number of furan rings is 1. The van der Waals surface area contributed by atoms with Gasteiger partial charge in [0.2, 0.25) is 0 Å². The summed E-state index contributed by atoms with van der Waals surface area (Å²) >= 11 is 0. The van der Waals surface area contributed by atoms with Gasteiger partial charge in [0.05, 0.1) is 32.1 Å². The zero-order chi connectivity index (χ0) is 20.3. The van der Waals surface area contributed by atoms with Gasteiger partial charge in [-0.2, -0.15) is 0 Å². The number of hydrogen-bond acceptors (Lipinski definition) is 4. The minimum Gasteiger partial charge on any atom is -0.469 e. The first-order valence-corrected chi connectivity index (χ1v) is 10.5. The van der Waals surface area contributed by atoms with Gasteiger partial charge in [-0.15, -0.1) is 0 Å². The lowest BCUT2D eigenvalue weighted by molar-refractivity contribution is 0.0536. The molecule has 158 valence electrons. The number of nitrogens with one attached hydrogen (secondary N) is 1. The summed E-state index contributed by atoms with van der Waals surface area (Å²) in [6.07, 6.45) is 3.63. The third kappa shape index (κ3) is 6.91. The molecule has 1 N–H and O–H groups in total. The smallest absolute Gasteiger partial charge is 0.194 e. The van der Waals surface area contributed by atoms with Crippen molar-refractivity contribution in [3.63, 3.8) is 0 Å². The second-order valence-electron chi connectivity index (χ2n) is 7.48. The molecule has 0 spiro atoms. The predicted octanol–water partition coefficient (Wildman–Crippen LogP) is 3.51. The highest BCUT2D eigenvalue weighted by atomic mass is 16.5. The highest BCUT2D eigenvalue weighted by Gasteiger charge is 2.26. The highest BCUT2D eigenvalue weighted by Crippen LogP contribution is 2.19. The predicted molar refractivity (Wildman–Crippen MR) is 115 cm³/mol. The van der Waals surface area contributed by atoms with Gasteiger partial charge in [-0.3, -0.25) is 4.99 Å². The summed E-state index contributed by atoms with van der Waals surface area (Å²) in [4.78, 5) is 7.25. The molecule has 0 bridgehead atoms. The summed E-state index contributed by atoms with van der Waals surface area (Å²) in [5.41, 5.74) is 1.25. The van der Waals surface area contributed by atoms with E-state index in [0.717, 1.165) is 44.3 Å². The van der Waals surface area contributed by atoms with Gasteiger partial charge in [0.25, 0.3) is 0 Å². The Morgan fingerprint density at radius 1 is 1.24 bits per heavy atom. The lowest BCUT2D eigenvalue weighted by Crippen LogP contribution is -2.41. The number of benzene rings is 1. The summed E-state index contributed by atoms with van der Waals surface area (Å²) < 4.78 is 16.2. The zero-order valence-electron chi connectivity index (χ0n) is 17.5. The molecule has 0 amide bonds. The van der Waals surface area contributed by atoms with Crippen molar-refractivity contribution in [2.75, 3.05) is 46.6 Å². The van der Waals surface area contributed by atoms with Crippen LogP contribution < -0.4 is 5.32 Å². The number of aliphatic imine (C=N–C) groups is 1. The van der Waals surface area contributed by atoms with Crippen molar-refractivity contribution in [3.05, 3.63) is 60.1 Å². The van der Waals surface area contributed by atoms with Gasteiger partial charge in [-0.05, 0) is 31.0 Å². The molecule has 0 saturated carbocycles. The maximum Gasteiger partial charge on any atom is 0.194 e. The fourth-order valence-corrected chi connectivity index (χ4v) is 3.54. The molecule has 1 saturated heterocycles. The van der Waals surface area contributed by atoms with Crippen molar-refractivity contribution in [2.45, 2.75) is 25.8 Å². The SMILES string of the molecule is COCCOCC1CCN(C(=NCCc2ccco2)NC(C)c2ccccc2)C1. The minimum atomic E-state index is 0.190. The number of likely N-dealkylation sites (tertiary alicyclic amines) is 1. The van der Waals surface area contributed by atoms with Crippen LogP contribution in [0.25, 0.3) is 0 Å². The molecular weight excluding hydrogens is 366 g/mol. The average Bonchev–Trinajstić information content (AvgIpc) is 3.43. The van der Waals surface area contributed by atoms with E-state index in [9.17, 15) is 0 Å². The van der Waals surface area contributed by atoms with Gasteiger partial charge in [0.15, 0.2) is 5.96 Å². The van der Waals surface area contributed by atoms with Crippen molar-refractivity contribution in [2.24, 2.45) is 10.9 Å². The van der Waals surface area contributed by atoms with Crippen molar-refractivity contribution < 1.29 is 13.9 Å². The first kappa shape index (κ1) is 21.4. The molecule has 2 aromatic rings. The van der Waals surface area contributed by atoms with Gasteiger partial charge in [0.1, 0.15) is 5.76 Å². The molecule has 2 atom stereocenters. The van der Waals surface area contributed by atoms with Crippen molar-refractivity contribution in [3.8, 4) is 0 Å². The van der Waals surface area contributed by atoms with E-state index in [-0.39, 0.29) is 6.04 Å². The maximum atomic E-state index is 5.74. The summed E-state index contributed by atoms with van der Waals surface area (Å²) in [7, 11) is 1.70. The normalized spacial score (nSPS) is 18.2. The van der Waals surface area contributed by atoms with Crippen LogP contribution in [-0.4, -0.2) is 57.4 Å². The molecule has 0 aliphatic carbocycles. The lowest BCUT2D eigenvalue weighted by atomic mass is 10.1. The highest BCUT2D eigenvalue weighted by molar-refractivity contribution is 5.80. The van der Waals surface area contributed by atoms with Crippen LogP contribution in [0.1, 0.15) is 30.7 Å². The van der Waals surface area contributed by atoms with Crippen LogP contribution in [0.4, 0.5) is 0 Å². The standard InChI is InChI=1S/C23H33N3O3/c1-19(21-7-4-3-5-8-21)25-23(24-12-10-22-9-6-14-29-22)26-13-11-20(17-26)18-28-16-15-27-2/h3-9,14,19-20H,10-13,15-18H2,1-2H3,(H,24,25). The fourth-order valence-electron chi connectivity index (χ4n) is 3.54. The summed E-state index contributed by atoms with van der Waals surface area (Å²) in [5, 5.41) is 3.64. The van der Waals surface area contributed by atoms with Crippen molar-refractivity contribution in [1.29, 1.82) is 0 Å². The fraction of sp³-hybridized carbons (Fsp3) is 0.522. The maximum absolute atomic E-state index is 5.74. The Hall–Kier alpha value is -2.31. The Morgan fingerprint density at radius 3 is 2.86 bits per heavy atom. The van der Waals surface area contributed by atoms with Gasteiger partial charge in [-0.1, -0.05) is 30.3 Å². The molecule has 6 heteroatoms. The van der Waals surface area contributed by atoms with Crippen LogP contribution in [0.15, 0.2) is 58.1 Å². The van der Waals surface area contributed by atoms with Gasteiger partial charge < -0.3 is 24.1 Å². The Morgan fingerprint density at radius 2 is 2.10 bits per heavy atom. The molecule has 2 unspecified atom stereocenters. The monoisotopic (exact) mass is 399 g/mol. The van der Waals surface area contributed by atoms with E-state index >= 15 is 0 Å². The number of guanidine groups is 1. The molecule has 0 radical (unpaired) electrons. The third-order valence-electron chi connectivity index (χ3n) is 5.22. The van der Waals surface area contributed by atoms with E-state index in [0.29, 0.717) is 25.7 Å². The molecular formula is C23H33N3O3. The minimum absolute atomic E-state index is 0.190. The summed E-state index contributed by atoms with van der Waals surface area (Å²) in [6.45, 7) is 6.90. The van der Waals surface area contributed by atoms with Crippen LogP contribution in [0.5, 0.6) is 0 Å². The third-order valence-corrected chi connectivity index (χ3v) is 5.22. The van der Waals surface area contributed by atoms with Crippen molar-refractivity contribution >= 4 is 5.96 Å². The van der Waals surface area contributed by atoms with E-state index in [1.165, 1.54) is 5.56 Å². The van der Waals surface area contributed by atoms with Gasteiger partial charge in [0, 0.05) is 39.1 Å². The Kier molecular flexibility index (Phi) is 8.58. The first-order chi connectivity index (χ1) is 14.3. The molecule has 1 fully saturated rings. The average molecular weight is 400 g/mol. The second-order valence-corrected chi connectivity index (χ2v) is 7.48. The van der Waals surface area contributed by atoms with Gasteiger partial charge >= 0.3 is 0 Å². The van der Waals surface area contributed by atoms with Crippen LogP contribution in [0.3, 0.4) is 0 Å². The molecule has 6 nitrogen and oxygen atoms in total. The van der Waals surface area contributed by atoms with Crippen LogP contribution in [0.2, 0.25) is 0 Å². The van der Waals surface area contributed by atoms with E-state index in [1.807, 2.05) is 18.2 Å². The molecule has 29 heavy (non-hydrogen) atoms. The number of nitrogens with zero attached hydrogens (tertiary/aromatic N) is 2. The van der Waals surface area contributed by atoms with Crippen molar-refractivity contribution in [1.82, 2.24) is 10.2 Å². The number of rotatable bonds is 10.